The van der Waals surface area contributed by atoms with Gasteiger partial charge in [-0.1, -0.05) is 17.7 Å². The maximum atomic E-state index is 12.9. The van der Waals surface area contributed by atoms with E-state index in [1.54, 1.807) is 13.0 Å². The average Bonchev–Trinajstić information content (AvgIpc) is 2.94. The molecule has 0 aliphatic rings. The first-order chi connectivity index (χ1) is 13.8. The number of nitriles is 1. The number of nitro benzene ring substituents is 1. The number of aliphatic imine (C=N–C) groups is 1. The predicted octanol–water partition coefficient (Wildman–Crippen LogP) is 4.32. The van der Waals surface area contributed by atoms with Gasteiger partial charge in [-0.2, -0.15) is 5.26 Å². The van der Waals surface area contributed by atoms with Crippen LogP contribution in [0.25, 0.3) is 5.69 Å². The van der Waals surface area contributed by atoms with Crippen LogP contribution in [0.15, 0.2) is 51.1 Å². The van der Waals surface area contributed by atoms with E-state index in [-0.39, 0.29) is 16.1 Å². The molecule has 0 aliphatic carbocycles. The van der Waals surface area contributed by atoms with Crippen molar-refractivity contribution in [3.8, 4) is 11.1 Å². The third-order valence-corrected chi connectivity index (χ3v) is 5.00. The van der Waals surface area contributed by atoms with Crippen LogP contribution in [0.2, 0.25) is 0 Å². The average molecular weight is 407 g/mol. The number of aromatic amines is 1. The van der Waals surface area contributed by atoms with Crippen LogP contribution in [0.4, 0.5) is 11.4 Å². The van der Waals surface area contributed by atoms with Crippen molar-refractivity contribution in [1.29, 1.82) is 5.26 Å². The van der Waals surface area contributed by atoms with E-state index in [1.165, 1.54) is 23.0 Å². The van der Waals surface area contributed by atoms with Crippen LogP contribution in [-0.2, 0) is 0 Å². The summed E-state index contributed by atoms with van der Waals surface area (Å²) in [5, 5.41) is 24.8. The number of H-pyrrole nitrogens is 1. The summed E-state index contributed by atoms with van der Waals surface area (Å²) in [4.78, 5) is 28.0. The Labute approximate surface area is 170 Å². The molecule has 0 saturated heterocycles. The van der Waals surface area contributed by atoms with E-state index in [0.29, 0.717) is 28.7 Å². The molecule has 1 heterocycles. The van der Waals surface area contributed by atoms with Gasteiger partial charge in [0, 0.05) is 18.0 Å². The summed E-state index contributed by atoms with van der Waals surface area (Å²) in [6, 6.07) is 10.1. The molecular formula is C20H17N5O3S. The van der Waals surface area contributed by atoms with E-state index in [4.69, 9.17) is 5.26 Å². The van der Waals surface area contributed by atoms with E-state index < -0.39 is 4.92 Å². The Bertz CT molecular complexity index is 1230. The molecule has 0 unspecified atom stereocenters. The zero-order valence-electron chi connectivity index (χ0n) is 16.0. The summed E-state index contributed by atoms with van der Waals surface area (Å²) >= 11 is 0.715. The lowest BCUT2D eigenvalue weighted by Crippen LogP contribution is -2.18. The van der Waals surface area contributed by atoms with Gasteiger partial charge >= 0.3 is 0 Å². The molecule has 0 fully saturated rings. The van der Waals surface area contributed by atoms with Crippen molar-refractivity contribution < 1.29 is 4.92 Å². The molecule has 0 amide bonds. The molecule has 2 aromatic carbocycles. The van der Waals surface area contributed by atoms with Gasteiger partial charge in [0.15, 0.2) is 0 Å². The van der Waals surface area contributed by atoms with E-state index in [9.17, 15) is 14.9 Å². The molecule has 1 aromatic heterocycles. The Balaban J connectivity index is 1.99. The molecule has 29 heavy (non-hydrogen) atoms. The van der Waals surface area contributed by atoms with Gasteiger partial charge in [-0.15, -0.1) is 0 Å². The molecule has 0 bridgehead atoms. The summed E-state index contributed by atoms with van der Waals surface area (Å²) < 4.78 is 1.46. The van der Waals surface area contributed by atoms with Crippen LogP contribution in [0.3, 0.4) is 0 Å². The van der Waals surface area contributed by atoms with E-state index in [1.807, 2.05) is 37.4 Å². The normalized spacial score (nSPS) is 11.0. The number of aryl methyl sites for hydroxylation is 3. The predicted molar refractivity (Wildman–Crippen MR) is 112 cm³/mol. The van der Waals surface area contributed by atoms with Crippen molar-refractivity contribution in [1.82, 2.24) is 9.78 Å². The Morgan fingerprint density at radius 1 is 1.24 bits per heavy atom. The Morgan fingerprint density at radius 3 is 2.66 bits per heavy atom. The lowest BCUT2D eigenvalue weighted by atomic mass is 10.1. The highest BCUT2D eigenvalue weighted by Crippen LogP contribution is 2.32. The molecule has 3 rings (SSSR count). The maximum absolute atomic E-state index is 12.9. The fourth-order valence-corrected chi connectivity index (χ4v) is 3.41. The zero-order valence-corrected chi connectivity index (χ0v) is 16.8. The van der Waals surface area contributed by atoms with Gasteiger partial charge in [-0.3, -0.25) is 25.0 Å². The van der Waals surface area contributed by atoms with E-state index in [2.05, 4.69) is 10.1 Å². The highest BCUT2D eigenvalue weighted by molar-refractivity contribution is 8.03. The number of thiocyanates is 1. The first-order valence-corrected chi connectivity index (χ1v) is 9.41. The van der Waals surface area contributed by atoms with Crippen molar-refractivity contribution in [2.24, 2.45) is 4.99 Å². The van der Waals surface area contributed by atoms with Crippen molar-refractivity contribution in [3.05, 3.63) is 79.3 Å². The summed E-state index contributed by atoms with van der Waals surface area (Å²) in [5.74, 6) is 0. The number of rotatable bonds is 5. The minimum absolute atomic E-state index is 0.204. The van der Waals surface area contributed by atoms with Gasteiger partial charge in [-0.05, 0) is 56.3 Å². The maximum Gasteiger partial charge on any atom is 0.286 e. The minimum Gasteiger partial charge on any atom is -0.295 e. The number of nitro groups is 1. The second-order valence-corrected chi connectivity index (χ2v) is 7.27. The van der Waals surface area contributed by atoms with Crippen LogP contribution < -0.4 is 5.56 Å². The Morgan fingerprint density at radius 2 is 2.00 bits per heavy atom. The first kappa shape index (κ1) is 20.1. The summed E-state index contributed by atoms with van der Waals surface area (Å²) in [5.41, 5.74) is 3.65. The molecule has 0 radical (unpaired) electrons. The molecule has 146 valence electrons. The van der Waals surface area contributed by atoms with Crippen LogP contribution in [-0.4, -0.2) is 20.9 Å². The second kappa shape index (κ2) is 8.16. The van der Waals surface area contributed by atoms with E-state index in [0.717, 1.165) is 16.8 Å². The number of aromatic nitrogens is 2. The summed E-state index contributed by atoms with van der Waals surface area (Å²) in [6.07, 6.45) is 1.39. The number of benzene rings is 2. The molecule has 3 aromatic rings. The largest absolute Gasteiger partial charge is 0.295 e. The molecule has 9 heteroatoms. The van der Waals surface area contributed by atoms with E-state index >= 15 is 0 Å². The molecule has 0 saturated carbocycles. The minimum atomic E-state index is -0.562. The first-order valence-electron chi connectivity index (χ1n) is 8.59. The summed E-state index contributed by atoms with van der Waals surface area (Å²) in [7, 11) is 0. The van der Waals surface area contributed by atoms with Gasteiger partial charge in [0.25, 0.3) is 11.2 Å². The third-order valence-electron chi connectivity index (χ3n) is 4.35. The van der Waals surface area contributed by atoms with Gasteiger partial charge in [0.2, 0.25) is 0 Å². The second-order valence-electron chi connectivity index (χ2n) is 6.44. The lowest BCUT2D eigenvalue weighted by molar-refractivity contribution is -0.387. The number of hydrogen-bond acceptors (Lipinski definition) is 6. The monoisotopic (exact) mass is 407 g/mol. The SMILES string of the molecule is Cc1ccc(-n2[nH]c(C)c(C=Nc3ccc(SC#N)c([N+](=O)[O-])c3)c2=O)c(C)c1. The fourth-order valence-electron chi connectivity index (χ4n) is 2.94. The van der Waals surface area contributed by atoms with Gasteiger partial charge < -0.3 is 0 Å². The Hall–Kier alpha value is -3.64. The van der Waals surface area contributed by atoms with Crippen LogP contribution >= 0.6 is 11.8 Å². The molecule has 1 N–H and O–H groups in total. The standard InChI is InChI=1S/C20H17N5O3S/c1-12-4-6-17(13(2)8-12)24-20(26)16(14(3)23-24)10-22-15-5-7-19(29-11-21)18(9-15)25(27)28/h4-10,23H,1-3H3. The Kier molecular flexibility index (Phi) is 5.66. The molecular weight excluding hydrogens is 390 g/mol. The highest BCUT2D eigenvalue weighted by Gasteiger charge is 2.16. The van der Waals surface area contributed by atoms with Crippen LogP contribution in [0, 0.1) is 41.5 Å². The number of hydrogen-bond donors (Lipinski definition) is 1. The number of thioether (sulfide) groups is 1. The van der Waals surface area contributed by atoms with Gasteiger partial charge in [0.1, 0.15) is 10.3 Å². The molecule has 0 aliphatic heterocycles. The smallest absolute Gasteiger partial charge is 0.286 e. The van der Waals surface area contributed by atoms with Crippen molar-refractivity contribution in [2.45, 2.75) is 25.7 Å². The number of nitrogens with zero attached hydrogens (tertiary/aromatic N) is 4. The fraction of sp³-hybridized carbons (Fsp3) is 0.150. The molecule has 0 spiro atoms. The quantitative estimate of drug-likeness (QED) is 0.222. The zero-order chi connectivity index (χ0) is 21.1. The highest BCUT2D eigenvalue weighted by atomic mass is 32.2. The van der Waals surface area contributed by atoms with Crippen LogP contribution in [0.1, 0.15) is 22.4 Å². The third kappa shape index (κ3) is 4.12. The lowest BCUT2D eigenvalue weighted by Gasteiger charge is -2.06. The van der Waals surface area contributed by atoms with Gasteiger partial charge in [0.05, 0.1) is 21.9 Å². The van der Waals surface area contributed by atoms with Crippen molar-refractivity contribution >= 4 is 29.4 Å². The topological polar surface area (TPSA) is 117 Å². The van der Waals surface area contributed by atoms with Crippen LogP contribution in [0.5, 0.6) is 0 Å². The number of nitrogens with one attached hydrogen (secondary N) is 1. The van der Waals surface area contributed by atoms with Crippen molar-refractivity contribution in [2.75, 3.05) is 0 Å². The molecule has 0 atom stereocenters. The molecule has 8 nitrogen and oxygen atoms in total. The summed E-state index contributed by atoms with van der Waals surface area (Å²) in [6.45, 7) is 5.67. The van der Waals surface area contributed by atoms with Gasteiger partial charge in [-0.25, -0.2) is 4.68 Å². The van der Waals surface area contributed by atoms with Crippen molar-refractivity contribution in [3.63, 3.8) is 0 Å².